The van der Waals surface area contributed by atoms with Crippen molar-refractivity contribution in [2.24, 2.45) is 0 Å². The highest BCUT2D eigenvalue weighted by Crippen LogP contribution is 2.31. The third-order valence-electron chi connectivity index (χ3n) is 3.00. The first-order valence-corrected chi connectivity index (χ1v) is 6.50. The highest BCUT2D eigenvalue weighted by atomic mass is 35.5. The van der Waals surface area contributed by atoms with Crippen molar-refractivity contribution < 1.29 is 4.79 Å². The van der Waals surface area contributed by atoms with E-state index in [1.54, 1.807) is 36.5 Å². The van der Waals surface area contributed by atoms with Crippen LogP contribution in [-0.4, -0.2) is 10.9 Å². The fourth-order valence-electron chi connectivity index (χ4n) is 2.02. The summed E-state index contributed by atoms with van der Waals surface area (Å²) in [5.74, 6) is 0.204. The van der Waals surface area contributed by atoms with Crippen LogP contribution in [-0.2, 0) is 4.79 Å². The molecule has 3 rings (SSSR count). The van der Waals surface area contributed by atoms with Crippen molar-refractivity contribution in [3.8, 4) is 6.07 Å². The van der Waals surface area contributed by atoms with Gasteiger partial charge < -0.3 is 10.6 Å². The molecular weight excluding hydrogens is 288 g/mol. The van der Waals surface area contributed by atoms with Crippen LogP contribution >= 0.6 is 11.6 Å². The number of hydrogen-bond acceptors (Lipinski definition) is 4. The van der Waals surface area contributed by atoms with Gasteiger partial charge in [0.2, 0.25) is 0 Å². The van der Waals surface area contributed by atoms with Gasteiger partial charge in [-0.2, -0.15) is 5.26 Å². The second-order valence-electron chi connectivity index (χ2n) is 4.38. The Morgan fingerprint density at radius 1 is 1.33 bits per heavy atom. The topological polar surface area (TPSA) is 77.8 Å². The van der Waals surface area contributed by atoms with Gasteiger partial charge in [-0.3, -0.25) is 4.79 Å². The van der Waals surface area contributed by atoms with E-state index >= 15 is 0 Å². The summed E-state index contributed by atoms with van der Waals surface area (Å²) in [5.41, 5.74) is 2.43. The van der Waals surface area contributed by atoms with Gasteiger partial charge in [0.1, 0.15) is 11.0 Å². The predicted octanol–water partition coefficient (Wildman–Crippen LogP) is 3.01. The number of carbonyl (C=O) groups excluding carboxylic acids is 1. The molecule has 0 aliphatic carbocycles. The third-order valence-corrected chi connectivity index (χ3v) is 3.21. The third kappa shape index (κ3) is 2.57. The molecule has 2 N–H and O–H groups in total. The molecule has 1 aromatic heterocycles. The SMILES string of the molecule is N#Cc1cccc(NC=C2C(=O)Nc3nc(Cl)ccc32)c1. The lowest BCUT2D eigenvalue weighted by Gasteiger charge is -2.02. The molecule has 0 spiro atoms. The summed E-state index contributed by atoms with van der Waals surface area (Å²) < 4.78 is 0. The summed E-state index contributed by atoms with van der Waals surface area (Å²) in [6.07, 6.45) is 1.59. The Morgan fingerprint density at radius 3 is 3.00 bits per heavy atom. The minimum atomic E-state index is -0.247. The Morgan fingerprint density at radius 2 is 2.19 bits per heavy atom. The Bertz CT molecular complexity index is 808. The van der Waals surface area contributed by atoms with Gasteiger partial charge in [-0.25, -0.2) is 4.98 Å². The number of fused-ring (bicyclic) bond motifs is 1. The maximum atomic E-state index is 11.9. The van der Waals surface area contributed by atoms with Crippen LogP contribution in [0.4, 0.5) is 11.5 Å². The molecule has 1 aliphatic heterocycles. The van der Waals surface area contributed by atoms with E-state index in [2.05, 4.69) is 21.7 Å². The molecule has 2 heterocycles. The summed E-state index contributed by atoms with van der Waals surface area (Å²) in [4.78, 5) is 16.0. The van der Waals surface area contributed by atoms with E-state index in [9.17, 15) is 4.79 Å². The summed E-state index contributed by atoms with van der Waals surface area (Å²) in [7, 11) is 0. The molecule has 0 atom stereocenters. The fraction of sp³-hybridized carbons (Fsp3) is 0. The number of aromatic nitrogens is 1. The Hall–Kier alpha value is -2.84. The monoisotopic (exact) mass is 296 g/mol. The number of rotatable bonds is 2. The Balaban J connectivity index is 1.91. The lowest BCUT2D eigenvalue weighted by Crippen LogP contribution is -2.05. The zero-order chi connectivity index (χ0) is 14.8. The van der Waals surface area contributed by atoms with Crippen molar-refractivity contribution in [1.82, 2.24) is 4.98 Å². The molecule has 2 aromatic rings. The van der Waals surface area contributed by atoms with E-state index in [1.807, 2.05) is 6.07 Å². The molecule has 1 aromatic carbocycles. The molecule has 1 aliphatic rings. The molecule has 0 saturated carbocycles. The van der Waals surface area contributed by atoms with Crippen LogP contribution < -0.4 is 10.6 Å². The van der Waals surface area contributed by atoms with Crippen molar-refractivity contribution in [3.63, 3.8) is 0 Å². The minimum Gasteiger partial charge on any atom is -0.361 e. The second kappa shape index (κ2) is 5.27. The van der Waals surface area contributed by atoms with E-state index in [4.69, 9.17) is 16.9 Å². The largest absolute Gasteiger partial charge is 0.361 e. The van der Waals surface area contributed by atoms with E-state index in [0.717, 1.165) is 5.69 Å². The number of anilines is 2. The average Bonchev–Trinajstić information content (AvgIpc) is 2.80. The van der Waals surface area contributed by atoms with Crippen molar-refractivity contribution >= 4 is 34.6 Å². The summed E-state index contributed by atoms with van der Waals surface area (Å²) in [6, 6.07) is 12.4. The zero-order valence-electron chi connectivity index (χ0n) is 10.7. The maximum Gasteiger partial charge on any atom is 0.259 e. The van der Waals surface area contributed by atoms with Crippen molar-refractivity contribution in [3.05, 3.63) is 58.9 Å². The summed E-state index contributed by atoms with van der Waals surface area (Å²) in [6.45, 7) is 0. The molecule has 102 valence electrons. The number of halogens is 1. The van der Waals surface area contributed by atoms with Gasteiger partial charge in [0.05, 0.1) is 17.2 Å². The van der Waals surface area contributed by atoms with Gasteiger partial charge in [-0.1, -0.05) is 17.7 Å². The molecular formula is C15H9ClN4O. The van der Waals surface area contributed by atoms with Gasteiger partial charge in [0, 0.05) is 17.5 Å². The van der Waals surface area contributed by atoms with E-state index in [-0.39, 0.29) is 5.91 Å². The number of nitrogens with one attached hydrogen (secondary N) is 2. The highest BCUT2D eigenvalue weighted by Gasteiger charge is 2.25. The molecule has 1 amide bonds. The maximum absolute atomic E-state index is 11.9. The number of nitriles is 1. The molecule has 0 bridgehead atoms. The molecule has 0 fully saturated rings. The van der Waals surface area contributed by atoms with Crippen molar-refractivity contribution in [2.45, 2.75) is 0 Å². The first-order valence-electron chi connectivity index (χ1n) is 6.12. The fourth-order valence-corrected chi connectivity index (χ4v) is 2.17. The molecule has 6 heteroatoms. The van der Waals surface area contributed by atoms with Gasteiger partial charge in [0.25, 0.3) is 5.91 Å². The number of pyridine rings is 1. The molecule has 0 unspecified atom stereocenters. The molecule has 0 saturated heterocycles. The second-order valence-corrected chi connectivity index (χ2v) is 4.77. The van der Waals surface area contributed by atoms with E-state index in [1.165, 1.54) is 0 Å². The van der Waals surface area contributed by atoms with Crippen LogP contribution in [0, 0.1) is 11.3 Å². The normalized spacial score (nSPS) is 14.5. The van der Waals surface area contributed by atoms with Gasteiger partial charge >= 0.3 is 0 Å². The number of amides is 1. The van der Waals surface area contributed by atoms with Gasteiger partial charge in [0.15, 0.2) is 0 Å². The molecule has 21 heavy (non-hydrogen) atoms. The highest BCUT2D eigenvalue weighted by molar-refractivity contribution is 6.33. The van der Waals surface area contributed by atoms with Crippen LogP contribution in [0.1, 0.15) is 11.1 Å². The quantitative estimate of drug-likeness (QED) is 0.659. The van der Waals surface area contributed by atoms with Gasteiger partial charge in [-0.15, -0.1) is 0 Å². The first kappa shape index (κ1) is 13.2. The summed E-state index contributed by atoms with van der Waals surface area (Å²) in [5, 5.41) is 14.9. The Labute approximate surface area is 125 Å². The van der Waals surface area contributed by atoms with Crippen molar-refractivity contribution in [2.75, 3.05) is 10.6 Å². The number of hydrogen-bond donors (Lipinski definition) is 2. The standard InChI is InChI=1S/C15H9ClN4O/c16-13-5-4-11-12(15(21)20-14(11)19-13)8-18-10-3-1-2-9(6-10)7-17/h1-6,8,18H,(H,19,20,21). The number of nitrogens with zero attached hydrogens (tertiary/aromatic N) is 2. The van der Waals surface area contributed by atoms with Crippen LogP contribution in [0.3, 0.4) is 0 Å². The lowest BCUT2D eigenvalue weighted by molar-refractivity contribution is -0.110. The zero-order valence-corrected chi connectivity index (χ0v) is 11.5. The summed E-state index contributed by atoms with van der Waals surface area (Å²) >= 11 is 5.80. The van der Waals surface area contributed by atoms with Crippen LogP contribution in [0.25, 0.3) is 5.57 Å². The first-order chi connectivity index (χ1) is 10.2. The number of benzene rings is 1. The van der Waals surface area contributed by atoms with Crippen molar-refractivity contribution in [1.29, 1.82) is 5.26 Å². The minimum absolute atomic E-state index is 0.247. The molecule has 5 nitrogen and oxygen atoms in total. The lowest BCUT2D eigenvalue weighted by atomic mass is 10.1. The van der Waals surface area contributed by atoms with Gasteiger partial charge in [-0.05, 0) is 30.3 Å². The van der Waals surface area contributed by atoms with Crippen LogP contribution in [0.15, 0.2) is 42.6 Å². The average molecular weight is 297 g/mol. The molecule has 0 radical (unpaired) electrons. The smallest absolute Gasteiger partial charge is 0.259 e. The van der Waals surface area contributed by atoms with E-state index in [0.29, 0.717) is 27.7 Å². The van der Waals surface area contributed by atoms with Crippen LogP contribution in [0.5, 0.6) is 0 Å². The van der Waals surface area contributed by atoms with Crippen LogP contribution in [0.2, 0.25) is 5.15 Å². The van der Waals surface area contributed by atoms with E-state index < -0.39 is 0 Å². The number of carbonyl (C=O) groups is 1. The Kier molecular flexibility index (Phi) is 3.30. The predicted molar refractivity (Wildman–Crippen MR) is 80.6 cm³/mol.